The summed E-state index contributed by atoms with van der Waals surface area (Å²) in [4.78, 5) is 14.5. The number of nitrogens with zero attached hydrogens (tertiary/aromatic N) is 1. The third-order valence-electron chi connectivity index (χ3n) is 5.33. The molecule has 0 saturated carbocycles. The fourth-order valence-electron chi connectivity index (χ4n) is 3.93. The Morgan fingerprint density at radius 3 is 2.65 bits per heavy atom. The van der Waals surface area contributed by atoms with Gasteiger partial charge in [-0.25, -0.2) is 13.1 Å². The molecule has 0 fully saturated rings. The molecule has 26 heavy (non-hydrogen) atoms. The Labute approximate surface area is 154 Å². The molecule has 2 aliphatic heterocycles. The minimum Gasteiger partial charge on any atom is -0.311 e. The summed E-state index contributed by atoms with van der Waals surface area (Å²) in [5.74, 6) is -0.218. The summed E-state index contributed by atoms with van der Waals surface area (Å²) >= 11 is 0. The topological polar surface area (TPSA) is 66.5 Å². The van der Waals surface area contributed by atoms with Crippen molar-refractivity contribution in [1.82, 2.24) is 4.72 Å². The molecule has 0 spiro atoms. The van der Waals surface area contributed by atoms with Gasteiger partial charge in [-0.1, -0.05) is 30.3 Å². The third-order valence-corrected chi connectivity index (χ3v) is 6.85. The van der Waals surface area contributed by atoms with Crippen molar-refractivity contribution in [1.29, 1.82) is 0 Å². The number of benzene rings is 2. The zero-order valence-electron chi connectivity index (χ0n) is 14.9. The van der Waals surface area contributed by atoms with E-state index in [1.54, 1.807) is 12.1 Å². The monoisotopic (exact) mass is 370 g/mol. The van der Waals surface area contributed by atoms with Gasteiger partial charge in [0.1, 0.15) is 0 Å². The second kappa shape index (κ2) is 6.21. The summed E-state index contributed by atoms with van der Waals surface area (Å²) < 4.78 is 28.7. The van der Waals surface area contributed by atoms with Gasteiger partial charge in [-0.05, 0) is 55.5 Å². The standard InChI is InChI=1S/C20H22N2O3S/c1-13-18-12-17(11-16-9-6-10-22(19(16)18)20(13)23)26(24,25)21-14(2)15-7-4-3-5-8-15/h3-5,7-8,11-14,21H,6,9-10H2,1-2H3/t13-,14+/m0/s1. The number of nitrogens with one attached hydrogen (secondary N) is 1. The summed E-state index contributed by atoms with van der Waals surface area (Å²) in [6.07, 6.45) is 1.67. The van der Waals surface area contributed by atoms with E-state index in [2.05, 4.69) is 4.72 Å². The predicted molar refractivity (Wildman–Crippen MR) is 101 cm³/mol. The lowest BCUT2D eigenvalue weighted by atomic mass is 9.97. The lowest BCUT2D eigenvalue weighted by Crippen LogP contribution is -2.32. The van der Waals surface area contributed by atoms with Crippen molar-refractivity contribution in [3.63, 3.8) is 0 Å². The Morgan fingerprint density at radius 1 is 1.19 bits per heavy atom. The summed E-state index contributed by atoms with van der Waals surface area (Å²) in [5, 5.41) is 0. The third kappa shape index (κ3) is 2.73. The average Bonchev–Trinajstić information content (AvgIpc) is 2.89. The highest BCUT2D eigenvalue weighted by Gasteiger charge is 2.38. The molecular weight excluding hydrogens is 348 g/mol. The smallest absolute Gasteiger partial charge is 0.241 e. The fraction of sp³-hybridized carbons (Fsp3) is 0.350. The van der Waals surface area contributed by atoms with Crippen molar-refractivity contribution in [2.75, 3.05) is 11.4 Å². The van der Waals surface area contributed by atoms with E-state index in [4.69, 9.17) is 0 Å². The van der Waals surface area contributed by atoms with Crippen LogP contribution in [0.2, 0.25) is 0 Å². The molecule has 0 radical (unpaired) electrons. The first-order valence-corrected chi connectivity index (χ1v) is 10.4. The molecule has 1 N–H and O–H groups in total. The lowest BCUT2D eigenvalue weighted by molar-refractivity contribution is -0.119. The normalized spacial score (nSPS) is 20.2. The van der Waals surface area contributed by atoms with Gasteiger partial charge in [0, 0.05) is 12.6 Å². The highest BCUT2D eigenvalue weighted by atomic mass is 32.2. The predicted octanol–water partition coefficient (Wildman–Crippen LogP) is 3.12. The van der Waals surface area contributed by atoms with Crippen LogP contribution in [-0.2, 0) is 21.2 Å². The SMILES string of the molecule is C[C@@H]1C(=O)N2CCCc3cc(S(=O)(=O)N[C@H](C)c4ccccc4)cc1c32. The summed E-state index contributed by atoms with van der Waals surface area (Å²) in [7, 11) is -3.68. The van der Waals surface area contributed by atoms with Crippen LogP contribution in [0.25, 0.3) is 0 Å². The van der Waals surface area contributed by atoms with Crippen molar-refractivity contribution in [2.45, 2.75) is 43.5 Å². The van der Waals surface area contributed by atoms with Gasteiger partial charge >= 0.3 is 0 Å². The van der Waals surface area contributed by atoms with Crippen LogP contribution in [0, 0.1) is 0 Å². The Hall–Kier alpha value is -2.18. The minimum absolute atomic E-state index is 0.0705. The maximum absolute atomic E-state index is 13.0. The molecule has 0 saturated heterocycles. The molecule has 0 unspecified atom stereocenters. The number of carbonyl (C=O) groups excluding carboxylic acids is 1. The number of hydrogen-bond acceptors (Lipinski definition) is 3. The van der Waals surface area contributed by atoms with Gasteiger partial charge in [0.05, 0.1) is 16.5 Å². The molecule has 2 aromatic rings. The van der Waals surface area contributed by atoms with E-state index in [-0.39, 0.29) is 22.8 Å². The van der Waals surface area contributed by atoms with E-state index in [0.717, 1.165) is 41.8 Å². The van der Waals surface area contributed by atoms with Crippen molar-refractivity contribution in [3.8, 4) is 0 Å². The molecule has 2 heterocycles. The van der Waals surface area contributed by atoms with Crippen LogP contribution in [0.15, 0.2) is 47.4 Å². The van der Waals surface area contributed by atoms with Gasteiger partial charge in [0.15, 0.2) is 0 Å². The van der Waals surface area contributed by atoms with Crippen molar-refractivity contribution < 1.29 is 13.2 Å². The number of amides is 1. The van der Waals surface area contributed by atoms with Crippen LogP contribution >= 0.6 is 0 Å². The maximum atomic E-state index is 13.0. The van der Waals surface area contributed by atoms with Crippen LogP contribution in [0.4, 0.5) is 5.69 Å². The Bertz CT molecular complexity index is 970. The molecule has 2 aromatic carbocycles. The number of carbonyl (C=O) groups is 1. The summed E-state index contributed by atoms with van der Waals surface area (Å²) in [6.45, 7) is 4.41. The van der Waals surface area contributed by atoms with Gasteiger partial charge in [-0.2, -0.15) is 0 Å². The number of sulfonamides is 1. The Balaban J connectivity index is 1.71. The van der Waals surface area contributed by atoms with E-state index in [0.29, 0.717) is 0 Å². The van der Waals surface area contributed by atoms with Crippen molar-refractivity contribution in [2.24, 2.45) is 0 Å². The van der Waals surface area contributed by atoms with Gasteiger partial charge < -0.3 is 4.90 Å². The molecule has 136 valence electrons. The van der Waals surface area contributed by atoms with Gasteiger partial charge in [-0.3, -0.25) is 4.79 Å². The van der Waals surface area contributed by atoms with Gasteiger partial charge in [-0.15, -0.1) is 0 Å². The molecular formula is C20H22N2O3S. The second-order valence-electron chi connectivity index (χ2n) is 7.09. The van der Waals surface area contributed by atoms with E-state index >= 15 is 0 Å². The van der Waals surface area contributed by atoms with Crippen LogP contribution < -0.4 is 9.62 Å². The maximum Gasteiger partial charge on any atom is 0.241 e. The van der Waals surface area contributed by atoms with Crippen molar-refractivity contribution in [3.05, 3.63) is 59.2 Å². The van der Waals surface area contributed by atoms with Gasteiger partial charge in [0.2, 0.25) is 15.9 Å². The Morgan fingerprint density at radius 2 is 1.92 bits per heavy atom. The molecule has 0 bridgehead atoms. The largest absolute Gasteiger partial charge is 0.311 e. The molecule has 0 aromatic heterocycles. The molecule has 0 aliphatic carbocycles. The van der Waals surface area contributed by atoms with Gasteiger partial charge in [0.25, 0.3) is 0 Å². The number of anilines is 1. The first-order valence-electron chi connectivity index (χ1n) is 8.94. The Kier molecular flexibility index (Phi) is 4.12. The number of hydrogen-bond donors (Lipinski definition) is 1. The highest BCUT2D eigenvalue weighted by Crippen LogP contribution is 2.43. The molecule has 4 rings (SSSR count). The molecule has 2 atom stereocenters. The van der Waals surface area contributed by atoms with Crippen LogP contribution in [0.5, 0.6) is 0 Å². The van der Waals surface area contributed by atoms with Crippen LogP contribution in [0.3, 0.4) is 0 Å². The summed E-state index contributed by atoms with van der Waals surface area (Å²) in [6, 6.07) is 12.6. The molecule has 2 aliphatic rings. The number of aryl methyl sites for hydroxylation is 1. The minimum atomic E-state index is -3.68. The fourth-order valence-corrected chi connectivity index (χ4v) is 5.25. The van der Waals surface area contributed by atoms with E-state index < -0.39 is 10.0 Å². The zero-order chi connectivity index (χ0) is 18.5. The average molecular weight is 370 g/mol. The van der Waals surface area contributed by atoms with E-state index in [1.807, 2.05) is 49.1 Å². The van der Waals surface area contributed by atoms with Crippen molar-refractivity contribution >= 4 is 21.6 Å². The van der Waals surface area contributed by atoms with E-state index in [9.17, 15) is 13.2 Å². The number of rotatable bonds is 4. The first-order chi connectivity index (χ1) is 12.4. The zero-order valence-corrected chi connectivity index (χ0v) is 15.7. The lowest BCUT2D eigenvalue weighted by Gasteiger charge is -2.26. The van der Waals surface area contributed by atoms with Crippen LogP contribution in [0.1, 0.15) is 48.9 Å². The highest BCUT2D eigenvalue weighted by molar-refractivity contribution is 7.89. The van der Waals surface area contributed by atoms with E-state index in [1.165, 1.54) is 0 Å². The second-order valence-corrected chi connectivity index (χ2v) is 8.80. The van der Waals surface area contributed by atoms with Crippen LogP contribution in [-0.4, -0.2) is 20.9 Å². The first kappa shape index (κ1) is 17.2. The summed E-state index contributed by atoms with van der Waals surface area (Å²) in [5.41, 5.74) is 3.64. The molecule has 6 heteroatoms. The molecule has 5 nitrogen and oxygen atoms in total. The molecule has 1 amide bonds. The quantitative estimate of drug-likeness (QED) is 0.899.